The van der Waals surface area contributed by atoms with Crippen molar-refractivity contribution < 1.29 is 9.21 Å². The van der Waals surface area contributed by atoms with E-state index in [1.807, 2.05) is 108 Å². The van der Waals surface area contributed by atoms with E-state index in [0.29, 0.717) is 12.8 Å². The topological polar surface area (TPSA) is 60.1 Å². The fraction of sp³-hybridized carbons (Fsp3) is 0.111. The Kier molecular flexibility index (Phi) is 5.54. The van der Waals surface area contributed by atoms with Gasteiger partial charge in [0.05, 0.1) is 11.9 Å². The highest BCUT2D eigenvalue weighted by atomic mass is 16.3. The second kappa shape index (κ2) is 8.94. The van der Waals surface area contributed by atoms with Crippen molar-refractivity contribution in [3.8, 4) is 5.69 Å². The van der Waals surface area contributed by atoms with E-state index < -0.39 is 0 Å². The summed E-state index contributed by atoms with van der Waals surface area (Å²) in [5.74, 6) is 0.689. The number of hydrogen-bond acceptors (Lipinski definition) is 3. The summed E-state index contributed by atoms with van der Waals surface area (Å²) in [6.07, 6.45) is 4.76. The Bertz CT molecular complexity index is 1290. The standard InChI is InChI=1S/C27H23N3O2/c31-26(16-15-20-18-28-30(19-20)23-12-5-2-6-13-23)29-27(21-9-3-1-4-10-21)25-17-22-11-7-8-14-24(22)32-25/h1-14,17-19,27H,15-16H2,(H,29,31). The number of para-hydroxylation sites is 2. The molecule has 5 nitrogen and oxygen atoms in total. The van der Waals surface area contributed by atoms with Crippen molar-refractivity contribution in [2.45, 2.75) is 18.9 Å². The number of amides is 1. The van der Waals surface area contributed by atoms with Gasteiger partial charge in [-0.1, -0.05) is 66.7 Å². The molecule has 2 aromatic heterocycles. The molecule has 1 N–H and O–H groups in total. The number of benzene rings is 3. The van der Waals surface area contributed by atoms with Crippen LogP contribution in [0.25, 0.3) is 16.7 Å². The van der Waals surface area contributed by atoms with Gasteiger partial charge in [-0.3, -0.25) is 4.79 Å². The third-order valence-electron chi connectivity index (χ3n) is 5.46. The van der Waals surface area contributed by atoms with Crippen molar-refractivity contribution in [3.05, 3.63) is 120 Å². The molecule has 32 heavy (non-hydrogen) atoms. The Labute approximate surface area is 186 Å². The Balaban J connectivity index is 1.30. The van der Waals surface area contributed by atoms with E-state index in [4.69, 9.17) is 4.42 Å². The first kappa shape index (κ1) is 19.8. The molecule has 3 aromatic carbocycles. The lowest BCUT2D eigenvalue weighted by atomic mass is 10.0. The third kappa shape index (κ3) is 4.32. The Hall–Kier alpha value is -4.12. The number of nitrogens with one attached hydrogen (secondary N) is 1. The molecule has 1 atom stereocenters. The maximum absolute atomic E-state index is 12.9. The number of carbonyl (C=O) groups excluding carboxylic acids is 1. The van der Waals surface area contributed by atoms with E-state index in [2.05, 4.69) is 10.4 Å². The highest BCUT2D eigenvalue weighted by Gasteiger charge is 2.21. The summed E-state index contributed by atoms with van der Waals surface area (Å²) in [6.45, 7) is 0. The second-order valence-corrected chi connectivity index (χ2v) is 7.73. The zero-order valence-corrected chi connectivity index (χ0v) is 17.5. The second-order valence-electron chi connectivity index (χ2n) is 7.73. The number of aromatic nitrogens is 2. The first-order chi connectivity index (χ1) is 15.8. The molecule has 5 rings (SSSR count). The lowest BCUT2D eigenvalue weighted by Crippen LogP contribution is -2.29. The van der Waals surface area contributed by atoms with Gasteiger partial charge in [0.1, 0.15) is 17.4 Å². The van der Waals surface area contributed by atoms with Crippen molar-refractivity contribution in [1.82, 2.24) is 15.1 Å². The molecular formula is C27H23N3O2. The smallest absolute Gasteiger partial charge is 0.221 e. The van der Waals surface area contributed by atoms with Gasteiger partial charge >= 0.3 is 0 Å². The van der Waals surface area contributed by atoms with Crippen LogP contribution in [0.5, 0.6) is 0 Å². The van der Waals surface area contributed by atoms with Gasteiger partial charge in [0.25, 0.3) is 0 Å². The molecule has 0 bridgehead atoms. The highest BCUT2D eigenvalue weighted by Crippen LogP contribution is 2.28. The van der Waals surface area contributed by atoms with Gasteiger partial charge in [-0.15, -0.1) is 0 Å². The number of furan rings is 1. The normalized spacial score (nSPS) is 12.0. The van der Waals surface area contributed by atoms with E-state index >= 15 is 0 Å². The van der Waals surface area contributed by atoms with Gasteiger partial charge in [0, 0.05) is 18.0 Å². The monoisotopic (exact) mass is 421 g/mol. The molecule has 0 aliphatic heterocycles. The first-order valence-corrected chi connectivity index (χ1v) is 10.7. The lowest BCUT2D eigenvalue weighted by Gasteiger charge is -2.17. The van der Waals surface area contributed by atoms with Crippen LogP contribution in [0.3, 0.4) is 0 Å². The van der Waals surface area contributed by atoms with Crippen LogP contribution in [0, 0.1) is 0 Å². The average Bonchev–Trinajstić information content (AvgIpc) is 3.49. The van der Waals surface area contributed by atoms with Crippen molar-refractivity contribution in [3.63, 3.8) is 0 Å². The summed E-state index contributed by atoms with van der Waals surface area (Å²) < 4.78 is 7.90. The van der Waals surface area contributed by atoms with Crippen molar-refractivity contribution in [1.29, 1.82) is 0 Å². The summed E-state index contributed by atoms with van der Waals surface area (Å²) in [7, 11) is 0. The van der Waals surface area contributed by atoms with Gasteiger partial charge in [0.2, 0.25) is 5.91 Å². The van der Waals surface area contributed by atoms with Crippen LogP contribution < -0.4 is 5.32 Å². The number of rotatable bonds is 7. The summed E-state index contributed by atoms with van der Waals surface area (Å²) >= 11 is 0. The number of aryl methyl sites for hydroxylation is 1. The molecule has 0 aliphatic carbocycles. The first-order valence-electron chi connectivity index (χ1n) is 10.7. The van der Waals surface area contributed by atoms with Crippen LogP contribution in [0.2, 0.25) is 0 Å². The van der Waals surface area contributed by atoms with Crippen LogP contribution in [0.15, 0.2) is 108 Å². The van der Waals surface area contributed by atoms with Crippen molar-refractivity contribution in [2.24, 2.45) is 0 Å². The van der Waals surface area contributed by atoms with Crippen LogP contribution >= 0.6 is 0 Å². The summed E-state index contributed by atoms with van der Waals surface area (Å²) in [4.78, 5) is 12.9. The lowest BCUT2D eigenvalue weighted by molar-refractivity contribution is -0.121. The quantitative estimate of drug-likeness (QED) is 0.380. The van der Waals surface area contributed by atoms with E-state index in [0.717, 1.165) is 33.5 Å². The van der Waals surface area contributed by atoms with Crippen LogP contribution in [0.1, 0.15) is 29.3 Å². The fourth-order valence-electron chi connectivity index (χ4n) is 3.81. The molecule has 0 aliphatic rings. The maximum Gasteiger partial charge on any atom is 0.221 e. The number of carbonyl (C=O) groups is 1. The minimum atomic E-state index is -0.344. The Morgan fingerprint density at radius 1 is 0.938 bits per heavy atom. The largest absolute Gasteiger partial charge is 0.459 e. The predicted octanol–water partition coefficient (Wildman–Crippen LogP) is 5.46. The zero-order chi connectivity index (χ0) is 21.8. The van der Waals surface area contributed by atoms with Crippen LogP contribution in [-0.2, 0) is 11.2 Å². The maximum atomic E-state index is 12.9. The average molecular weight is 422 g/mol. The fourth-order valence-corrected chi connectivity index (χ4v) is 3.81. The minimum absolute atomic E-state index is 0.0354. The predicted molar refractivity (Wildman–Crippen MR) is 125 cm³/mol. The highest BCUT2D eigenvalue weighted by molar-refractivity contribution is 5.80. The minimum Gasteiger partial charge on any atom is -0.459 e. The Morgan fingerprint density at radius 2 is 1.66 bits per heavy atom. The van der Waals surface area contributed by atoms with E-state index in [9.17, 15) is 4.79 Å². The number of nitrogens with zero attached hydrogens (tertiary/aromatic N) is 2. The number of hydrogen-bond donors (Lipinski definition) is 1. The number of fused-ring (bicyclic) bond motifs is 1. The molecular weight excluding hydrogens is 398 g/mol. The van der Waals surface area contributed by atoms with E-state index in [-0.39, 0.29) is 11.9 Å². The SMILES string of the molecule is O=C(CCc1cnn(-c2ccccc2)c1)NC(c1ccccc1)c1cc2ccccc2o1. The van der Waals surface area contributed by atoms with Crippen molar-refractivity contribution in [2.75, 3.05) is 0 Å². The molecule has 0 spiro atoms. The molecule has 0 saturated heterocycles. The summed E-state index contributed by atoms with van der Waals surface area (Å²) in [5.41, 5.74) is 3.81. The molecule has 5 aromatic rings. The Morgan fingerprint density at radius 3 is 2.44 bits per heavy atom. The molecule has 1 amide bonds. The molecule has 5 heteroatoms. The summed E-state index contributed by atoms with van der Waals surface area (Å²) in [5, 5.41) is 8.59. The summed E-state index contributed by atoms with van der Waals surface area (Å²) in [6, 6.07) is 29.4. The molecule has 2 heterocycles. The molecule has 158 valence electrons. The van der Waals surface area contributed by atoms with E-state index in [1.54, 1.807) is 0 Å². The molecule has 0 saturated carbocycles. The van der Waals surface area contributed by atoms with Gasteiger partial charge in [-0.25, -0.2) is 4.68 Å². The van der Waals surface area contributed by atoms with Gasteiger partial charge in [-0.05, 0) is 41.8 Å². The van der Waals surface area contributed by atoms with Gasteiger partial charge < -0.3 is 9.73 Å². The molecule has 0 fully saturated rings. The van der Waals surface area contributed by atoms with Crippen LogP contribution in [0.4, 0.5) is 0 Å². The molecule has 1 unspecified atom stereocenters. The van der Waals surface area contributed by atoms with E-state index in [1.165, 1.54) is 0 Å². The van der Waals surface area contributed by atoms with Gasteiger partial charge in [-0.2, -0.15) is 5.10 Å². The zero-order valence-electron chi connectivity index (χ0n) is 17.5. The third-order valence-corrected chi connectivity index (χ3v) is 5.46. The van der Waals surface area contributed by atoms with Crippen molar-refractivity contribution >= 4 is 16.9 Å². The van der Waals surface area contributed by atoms with Gasteiger partial charge in [0.15, 0.2) is 0 Å². The van der Waals surface area contributed by atoms with Crippen LogP contribution in [-0.4, -0.2) is 15.7 Å². The molecule has 0 radical (unpaired) electrons.